The number of nitrogens with zero attached hydrogens (tertiary/aromatic N) is 1. The Hall–Kier alpha value is -1.44. The van der Waals surface area contributed by atoms with Crippen molar-refractivity contribution in [3.8, 4) is 0 Å². The molecule has 76 valence electrons. The van der Waals surface area contributed by atoms with Crippen LogP contribution in [0.1, 0.15) is 30.0 Å². The lowest BCUT2D eigenvalue weighted by atomic mass is 10.1. The Morgan fingerprint density at radius 3 is 2.80 bits per heavy atom. The van der Waals surface area contributed by atoms with E-state index >= 15 is 0 Å². The summed E-state index contributed by atoms with van der Waals surface area (Å²) >= 11 is 0. The molecule has 0 spiro atoms. The molecule has 0 bridgehead atoms. The van der Waals surface area contributed by atoms with Crippen LogP contribution in [0.4, 0.5) is 4.39 Å². The molecule has 1 saturated carbocycles. The van der Waals surface area contributed by atoms with Crippen LogP contribution >= 0.6 is 0 Å². The van der Waals surface area contributed by atoms with Gasteiger partial charge in [0.1, 0.15) is 5.82 Å². The molecule has 3 rings (SSSR count). The zero-order valence-electron chi connectivity index (χ0n) is 8.63. The van der Waals surface area contributed by atoms with Crippen LogP contribution in [-0.4, -0.2) is 4.98 Å². The molecule has 0 atom stereocenters. The summed E-state index contributed by atoms with van der Waals surface area (Å²) in [7, 11) is 0. The topological polar surface area (TPSA) is 12.9 Å². The molecule has 2 aromatic rings. The van der Waals surface area contributed by atoms with Gasteiger partial charge in [0.15, 0.2) is 0 Å². The minimum Gasteiger partial charge on any atom is -0.253 e. The molecular formula is C13H12FN. The highest BCUT2D eigenvalue weighted by Crippen LogP contribution is 2.42. The summed E-state index contributed by atoms with van der Waals surface area (Å²) in [6, 6.07) is 7.36. The van der Waals surface area contributed by atoms with E-state index in [0.29, 0.717) is 5.92 Å². The second kappa shape index (κ2) is 3.02. The van der Waals surface area contributed by atoms with Crippen LogP contribution in [0.5, 0.6) is 0 Å². The standard InChI is InChI=1S/C13H12FN/c1-8-2-3-10-6-12(14)11(9-4-5-9)7-13(10)15-8/h2-3,6-7,9H,4-5H2,1H3. The Bertz CT molecular complexity index is 529. The van der Waals surface area contributed by atoms with E-state index in [9.17, 15) is 4.39 Å². The van der Waals surface area contributed by atoms with E-state index in [0.717, 1.165) is 35.0 Å². The first-order valence-corrected chi connectivity index (χ1v) is 5.31. The zero-order valence-corrected chi connectivity index (χ0v) is 8.63. The van der Waals surface area contributed by atoms with E-state index in [2.05, 4.69) is 4.98 Å². The van der Waals surface area contributed by atoms with Gasteiger partial charge in [0.05, 0.1) is 5.52 Å². The lowest BCUT2D eigenvalue weighted by Gasteiger charge is -2.04. The molecule has 2 heteroatoms. The number of hydrogen-bond donors (Lipinski definition) is 0. The lowest BCUT2D eigenvalue weighted by Crippen LogP contribution is -1.90. The van der Waals surface area contributed by atoms with Gasteiger partial charge in [0, 0.05) is 11.1 Å². The van der Waals surface area contributed by atoms with Crippen LogP contribution in [0, 0.1) is 12.7 Å². The number of aryl methyl sites for hydroxylation is 1. The molecule has 1 aliphatic carbocycles. The Morgan fingerprint density at radius 1 is 1.27 bits per heavy atom. The highest BCUT2D eigenvalue weighted by Gasteiger charge is 2.26. The van der Waals surface area contributed by atoms with Gasteiger partial charge in [-0.1, -0.05) is 6.07 Å². The van der Waals surface area contributed by atoms with Crippen molar-refractivity contribution in [3.05, 3.63) is 41.3 Å². The molecule has 1 aromatic heterocycles. The number of aromatic nitrogens is 1. The monoisotopic (exact) mass is 201 g/mol. The molecule has 15 heavy (non-hydrogen) atoms. The van der Waals surface area contributed by atoms with Gasteiger partial charge in [-0.15, -0.1) is 0 Å². The van der Waals surface area contributed by atoms with Crippen molar-refractivity contribution in [3.63, 3.8) is 0 Å². The molecule has 1 aliphatic rings. The van der Waals surface area contributed by atoms with Gasteiger partial charge >= 0.3 is 0 Å². The third kappa shape index (κ3) is 1.50. The van der Waals surface area contributed by atoms with Gasteiger partial charge in [0.2, 0.25) is 0 Å². The highest BCUT2D eigenvalue weighted by molar-refractivity contribution is 5.79. The minimum absolute atomic E-state index is 0.0735. The van der Waals surface area contributed by atoms with E-state index in [1.807, 2.05) is 25.1 Å². The summed E-state index contributed by atoms with van der Waals surface area (Å²) in [5, 5.41) is 0.891. The predicted molar refractivity (Wildman–Crippen MR) is 58.4 cm³/mol. The molecule has 0 amide bonds. The molecule has 1 nitrogen and oxygen atoms in total. The predicted octanol–water partition coefficient (Wildman–Crippen LogP) is 3.56. The van der Waals surface area contributed by atoms with Gasteiger partial charge in [-0.25, -0.2) is 4.39 Å². The number of rotatable bonds is 1. The molecule has 0 radical (unpaired) electrons. The SMILES string of the molecule is Cc1ccc2cc(F)c(C3CC3)cc2n1. The first-order valence-electron chi connectivity index (χ1n) is 5.31. The summed E-state index contributed by atoms with van der Waals surface area (Å²) in [6.45, 7) is 1.96. The van der Waals surface area contributed by atoms with Crippen LogP contribution < -0.4 is 0 Å². The molecular weight excluding hydrogens is 189 g/mol. The third-order valence-corrected chi connectivity index (χ3v) is 2.96. The smallest absolute Gasteiger partial charge is 0.127 e. The van der Waals surface area contributed by atoms with Crippen molar-refractivity contribution in [2.24, 2.45) is 0 Å². The maximum Gasteiger partial charge on any atom is 0.127 e. The Labute approximate surface area is 88.0 Å². The highest BCUT2D eigenvalue weighted by atomic mass is 19.1. The third-order valence-electron chi connectivity index (χ3n) is 2.96. The number of halogens is 1. The first kappa shape index (κ1) is 8.84. The number of fused-ring (bicyclic) bond motifs is 1. The summed E-state index contributed by atoms with van der Waals surface area (Å²) in [4.78, 5) is 4.42. The molecule has 0 saturated heterocycles. The zero-order chi connectivity index (χ0) is 10.4. The molecule has 1 heterocycles. The Kier molecular flexibility index (Phi) is 1.78. The summed E-state index contributed by atoms with van der Waals surface area (Å²) in [6.07, 6.45) is 2.24. The molecule has 0 unspecified atom stereocenters. The maximum atomic E-state index is 13.7. The van der Waals surface area contributed by atoms with Crippen LogP contribution in [0.2, 0.25) is 0 Å². The van der Waals surface area contributed by atoms with E-state index in [1.54, 1.807) is 6.07 Å². The van der Waals surface area contributed by atoms with Crippen LogP contribution in [-0.2, 0) is 0 Å². The molecule has 1 aromatic carbocycles. The fourth-order valence-electron chi connectivity index (χ4n) is 1.97. The summed E-state index contributed by atoms with van der Waals surface area (Å²) in [5.74, 6) is 0.368. The van der Waals surface area contributed by atoms with Gasteiger partial charge in [-0.3, -0.25) is 4.98 Å². The average molecular weight is 201 g/mol. The Balaban J connectivity index is 2.25. The normalized spacial score (nSPS) is 15.9. The second-order valence-corrected chi connectivity index (χ2v) is 4.29. The molecule has 1 fully saturated rings. The fourth-order valence-corrected chi connectivity index (χ4v) is 1.97. The van der Waals surface area contributed by atoms with Crippen LogP contribution in [0.25, 0.3) is 10.9 Å². The summed E-state index contributed by atoms with van der Waals surface area (Å²) in [5.41, 5.74) is 2.75. The van der Waals surface area contributed by atoms with Gasteiger partial charge in [-0.2, -0.15) is 0 Å². The van der Waals surface area contributed by atoms with Crippen molar-refractivity contribution in [2.75, 3.05) is 0 Å². The van der Waals surface area contributed by atoms with Gasteiger partial charge in [-0.05, 0) is 49.4 Å². The minimum atomic E-state index is -0.0735. The number of pyridine rings is 1. The summed E-state index contributed by atoms with van der Waals surface area (Å²) < 4.78 is 13.7. The van der Waals surface area contributed by atoms with Crippen molar-refractivity contribution >= 4 is 10.9 Å². The first-order chi connectivity index (χ1) is 7.24. The lowest BCUT2D eigenvalue weighted by molar-refractivity contribution is 0.613. The van der Waals surface area contributed by atoms with E-state index in [1.165, 1.54) is 0 Å². The van der Waals surface area contributed by atoms with Gasteiger partial charge in [0.25, 0.3) is 0 Å². The average Bonchev–Trinajstić information content (AvgIpc) is 3.01. The van der Waals surface area contributed by atoms with Crippen LogP contribution in [0.15, 0.2) is 24.3 Å². The molecule has 0 aliphatic heterocycles. The van der Waals surface area contributed by atoms with Crippen molar-refractivity contribution in [1.29, 1.82) is 0 Å². The van der Waals surface area contributed by atoms with Gasteiger partial charge < -0.3 is 0 Å². The second-order valence-electron chi connectivity index (χ2n) is 4.29. The maximum absolute atomic E-state index is 13.7. The molecule has 0 N–H and O–H groups in total. The quantitative estimate of drug-likeness (QED) is 0.687. The fraction of sp³-hybridized carbons (Fsp3) is 0.308. The van der Waals surface area contributed by atoms with Crippen molar-refractivity contribution in [2.45, 2.75) is 25.7 Å². The van der Waals surface area contributed by atoms with E-state index in [4.69, 9.17) is 0 Å². The van der Waals surface area contributed by atoms with Crippen molar-refractivity contribution in [1.82, 2.24) is 4.98 Å². The largest absolute Gasteiger partial charge is 0.253 e. The van der Waals surface area contributed by atoms with E-state index < -0.39 is 0 Å². The number of hydrogen-bond acceptors (Lipinski definition) is 1. The Morgan fingerprint density at radius 2 is 2.07 bits per heavy atom. The van der Waals surface area contributed by atoms with Crippen molar-refractivity contribution < 1.29 is 4.39 Å². The number of benzene rings is 1. The van der Waals surface area contributed by atoms with E-state index in [-0.39, 0.29) is 5.82 Å². The van der Waals surface area contributed by atoms with Crippen LogP contribution in [0.3, 0.4) is 0 Å².